The summed E-state index contributed by atoms with van der Waals surface area (Å²) in [5.74, 6) is 1.40. The predicted molar refractivity (Wildman–Crippen MR) is 106 cm³/mol. The van der Waals surface area contributed by atoms with Crippen LogP contribution in [0.3, 0.4) is 0 Å². The molecule has 2 amide bonds. The van der Waals surface area contributed by atoms with Gasteiger partial charge in [0.15, 0.2) is 11.5 Å². The average Bonchev–Trinajstić information content (AvgIpc) is 3.31. The molecule has 1 fully saturated rings. The molecule has 8 heteroatoms. The van der Waals surface area contributed by atoms with Crippen molar-refractivity contribution in [1.82, 2.24) is 10.2 Å². The average molecular weight is 402 g/mol. The number of hydrogen-bond acceptors (Lipinski definition) is 6. The summed E-state index contributed by atoms with van der Waals surface area (Å²) in [6.45, 7) is 1.87. The number of piperidine rings is 1. The van der Waals surface area contributed by atoms with Gasteiger partial charge in [-0.2, -0.15) is 0 Å². The fourth-order valence-electron chi connectivity index (χ4n) is 3.46. The third-order valence-corrected chi connectivity index (χ3v) is 5.15. The molecular weight excluding hydrogens is 376 g/mol. The number of methoxy groups -OCH3 is 3. The second-order valence-corrected chi connectivity index (χ2v) is 6.87. The number of carbonyl (C=O) groups excluding carboxylic acids is 2. The fraction of sp³-hybridized carbons (Fsp3) is 0.429. The number of nitrogens with one attached hydrogen (secondary N) is 1. The third kappa shape index (κ3) is 4.64. The Hall–Kier alpha value is -3.16. The van der Waals surface area contributed by atoms with E-state index in [1.807, 2.05) is 4.90 Å². The van der Waals surface area contributed by atoms with Gasteiger partial charge in [-0.3, -0.25) is 9.59 Å². The quantitative estimate of drug-likeness (QED) is 0.766. The van der Waals surface area contributed by atoms with Crippen LogP contribution in [0.1, 0.15) is 33.6 Å². The molecule has 3 rings (SSSR count). The topological polar surface area (TPSA) is 90.2 Å². The summed E-state index contributed by atoms with van der Waals surface area (Å²) in [6, 6.07) is 4.93. The number of benzene rings is 1. The van der Waals surface area contributed by atoms with E-state index in [4.69, 9.17) is 18.6 Å². The monoisotopic (exact) mass is 402 g/mol. The Labute approximate surface area is 169 Å². The Morgan fingerprint density at radius 1 is 1.07 bits per heavy atom. The summed E-state index contributed by atoms with van der Waals surface area (Å²) < 4.78 is 20.9. The van der Waals surface area contributed by atoms with Crippen molar-refractivity contribution in [2.24, 2.45) is 5.92 Å². The SMILES string of the molecule is COc1cc(C(=O)NCC2CCN(C(=O)c3ccoc3)CC2)cc(OC)c1OC. The molecule has 2 heterocycles. The number of furan rings is 1. The number of carbonyl (C=O) groups is 2. The van der Waals surface area contributed by atoms with Crippen molar-refractivity contribution < 1.29 is 28.2 Å². The van der Waals surface area contributed by atoms with Gasteiger partial charge in [0, 0.05) is 25.2 Å². The second-order valence-electron chi connectivity index (χ2n) is 6.87. The molecule has 1 aliphatic rings. The lowest BCUT2D eigenvalue weighted by molar-refractivity contribution is 0.0683. The molecular formula is C21H26N2O6. The van der Waals surface area contributed by atoms with Crippen molar-refractivity contribution >= 4 is 11.8 Å². The van der Waals surface area contributed by atoms with Crippen LogP contribution < -0.4 is 19.5 Å². The van der Waals surface area contributed by atoms with Gasteiger partial charge in [-0.25, -0.2) is 0 Å². The van der Waals surface area contributed by atoms with E-state index in [9.17, 15) is 9.59 Å². The van der Waals surface area contributed by atoms with Gasteiger partial charge in [-0.1, -0.05) is 0 Å². The van der Waals surface area contributed by atoms with Gasteiger partial charge in [-0.05, 0) is 37.0 Å². The van der Waals surface area contributed by atoms with Crippen LogP contribution in [-0.4, -0.2) is 57.7 Å². The summed E-state index contributed by atoms with van der Waals surface area (Å²) in [4.78, 5) is 26.8. The molecule has 0 aliphatic carbocycles. The maximum Gasteiger partial charge on any atom is 0.257 e. The molecule has 2 aromatic rings. The first-order valence-corrected chi connectivity index (χ1v) is 9.47. The number of likely N-dealkylation sites (tertiary alicyclic amines) is 1. The normalized spacial score (nSPS) is 14.4. The Balaban J connectivity index is 1.54. The first kappa shape index (κ1) is 20.6. The summed E-state index contributed by atoms with van der Waals surface area (Å²) in [5, 5.41) is 2.97. The summed E-state index contributed by atoms with van der Waals surface area (Å²) in [5.41, 5.74) is 1.01. The Kier molecular flexibility index (Phi) is 6.64. The molecule has 1 N–H and O–H groups in total. The molecule has 0 radical (unpaired) electrons. The molecule has 0 saturated carbocycles. The van der Waals surface area contributed by atoms with Crippen LogP contribution in [0.2, 0.25) is 0 Å². The number of amides is 2. The van der Waals surface area contributed by atoms with Gasteiger partial charge in [0.25, 0.3) is 11.8 Å². The zero-order chi connectivity index (χ0) is 20.8. The fourth-order valence-corrected chi connectivity index (χ4v) is 3.46. The van der Waals surface area contributed by atoms with Crippen LogP contribution in [0.5, 0.6) is 17.2 Å². The molecule has 0 unspecified atom stereocenters. The molecule has 1 aromatic heterocycles. The van der Waals surface area contributed by atoms with E-state index >= 15 is 0 Å². The van der Waals surface area contributed by atoms with Crippen LogP contribution in [0.25, 0.3) is 0 Å². The van der Waals surface area contributed by atoms with Gasteiger partial charge in [-0.15, -0.1) is 0 Å². The largest absolute Gasteiger partial charge is 0.493 e. The lowest BCUT2D eigenvalue weighted by Gasteiger charge is -2.31. The molecule has 1 aliphatic heterocycles. The molecule has 0 atom stereocenters. The number of hydrogen-bond donors (Lipinski definition) is 1. The van der Waals surface area contributed by atoms with E-state index in [2.05, 4.69) is 5.32 Å². The van der Waals surface area contributed by atoms with Crippen LogP contribution >= 0.6 is 0 Å². The van der Waals surface area contributed by atoms with Crippen molar-refractivity contribution in [3.8, 4) is 17.2 Å². The maximum absolute atomic E-state index is 12.6. The lowest BCUT2D eigenvalue weighted by atomic mass is 9.96. The smallest absolute Gasteiger partial charge is 0.257 e. The Bertz CT molecular complexity index is 816. The maximum atomic E-state index is 12.6. The predicted octanol–water partition coefficient (Wildman–Crippen LogP) is 2.59. The Morgan fingerprint density at radius 2 is 1.72 bits per heavy atom. The van der Waals surface area contributed by atoms with Crippen molar-refractivity contribution in [1.29, 1.82) is 0 Å². The van der Waals surface area contributed by atoms with Crippen molar-refractivity contribution in [2.45, 2.75) is 12.8 Å². The minimum Gasteiger partial charge on any atom is -0.493 e. The zero-order valence-electron chi connectivity index (χ0n) is 16.9. The van der Waals surface area contributed by atoms with Crippen LogP contribution in [0.4, 0.5) is 0 Å². The Morgan fingerprint density at radius 3 is 2.24 bits per heavy atom. The van der Waals surface area contributed by atoms with Crippen molar-refractivity contribution in [3.63, 3.8) is 0 Å². The van der Waals surface area contributed by atoms with Crippen LogP contribution in [-0.2, 0) is 0 Å². The third-order valence-electron chi connectivity index (χ3n) is 5.15. The first-order chi connectivity index (χ1) is 14.1. The zero-order valence-corrected chi connectivity index (χ0v) is 16.9. The van der Waals surface area contributed by atoms with Gasteiger partial charge in [0.05, 0.1) is 33.2 Å². The van der Waals surface area contributed by atoms with E-state index in [1.54, 1.807) is 18.2 Å². The summed E-state index contributed by atoms with van der Waals surface area (Å²) >= 11 is 0. The van der Waals surface area contributed by atoms with Crippen LogP contribution in [0, 0.1) is 5.92 Å². The van der Waals surface area contributed by atoms with Crippen LogP contribution in [0.15, 0.2) is 35.1 Å². The molecule has 0 bridgehead atoms. The summed E-state index contributed by atoms with van der Waals surface area (Å²) in [6.07, 6.45) is 4.63. The van der Waals surface area contributed by atoms with E-state index in [0.29, 0.717) is 53.9 Å². The van der Waals surface area contributed by atoms with E-state index in [0.717, 1.165) is 12.8 Å². The molecule has 8 nitrogen and oxygen atoms in total. The van der Waals surface area contributed by atoms with Gasteiger partial charge in [0.1, 0.15) is 6.26 Å². The highest BCUT2D eigenvalue weighted by Gasteiger charge is 2.25. The standard InChI is InChI=1S/C21H26N2O6/c1-26-17-10-16(11-18(27-2)19(17)28-3)20(24)22-12-14-4-7-23(8-5-14)21(25)15-6-9-29-13-15/h6,9-11,13-14H,4-5,7-8,12H2,1-3H3,(H,22,24). The highest BCUT2D eigenvalue weighted by molar-refractivity contribution is 5.95. The number of rotatable bonds is 7. The van der Waals surface area contributed by atoms with Gasteiger partial charge < -0.3 is 28.8 Å². The highest BCUT2D eigenvalue weighted by atomic mass is 16.5. The molecule has 1 saturated heterocycles. The molecule has 1 aromatic carbocycles. The number of ether oxygens (including phenoxy) is 3. The molecule has 0 spiro atoms. The van der Waals surface area contributed by atoms with E-state index in [1.165, 1.54) is 33.9 Å². The van der Waals surface area contributed by atoms with E-state index in [-0.39, 0.29) is 11.8 Å². The van der Waals surface area contributed by atoms with Gasteiger partial charge >= 0.3 is 0 Å². The minimum absolute atomic E-state index is 0.0151. The molecule has 29 heavy (non-hydrogen) atoms. The van der Waals surface area contributed by atoms with Crippen molar-refractivity contribution in [3.05, 3.63) is 41.9 Å². The lowest BCUT2D eigenvalue weighted by Crippen LogP contribution is -2.41. The van der Waals surface area contributed by atoms with Gasteiger partial charge in [0.2, 0.25) is 5.75 Å². The molecule has 156 valence electrons. The minimum atomic E-state index is -0.207. The summed E-state index contributed by atoms with van der Waals surface area (Å²) in [7, 11) is 4.54. The number of nitrogens with zero attached hydrogens (tertiary/aromatic N) is 1. The van der Waals surface area contributed by atoms with Crippen molar-refractivity contribution in [2.75, 3.05) is 41.0 Å². The van der Waals surface area contributed by atoms with E-state index < -0.39 is 0 Å². The second kappa shape index (κ2) is 9.36. The highest BCUT2D eigenvalue weighted by Crippen LogP contribution is 2.38. The first-order valence-electron chi connectivity index (χ1n) is 9.47.